The van der Waals surface area contributed by atoms with Crippen molar-refractivity contribution in [3.05, 3.63) is 11.8 Å². The summed E-state index contributed by atoms with van der Waals surface area (Å²) < 4.78 is 14.4. The number of carbonyl (C=O) groups is 1. The molecule has 3 aliphatic rings. The minimum atomic E-state index is -2.37. The van der Waals surface area contributed by atoms with E-state index < -0.39 is 35.9 Å². The van der Waals surface area contributed by atoms with Gasteiger partial charge in [0.05, 0.1) is 13.8 Å². The van der Waals surface area contributed by atoms with E-state index in [1.807, 2.05) is 0 Å². The Morgan fingerprint density at radius 1 is 0.900 bits per heavy atom. The molecular weight excluding hydrogens is 545 g/mol. The highest BCUT2D eigenvalue weighted by Gasteiger charge is 2.66. The average Bonchev–Trinajstić information content (AvgIpc) is 2.70. The smallest absolute Gasteiger partial charge is 0.250 e. The SMILES string of the molecule is CC1(C)[C@H]2CC=C(O[Si](C)(C)C(C)(C)C)[C@H]1C[C@@H]1[C@](O)(O[Si](C)(C)C(C)(C)C)[C@@H]([Si](C)(C)C)CC[C@@]1(C)C(=O)C2. The van der Waals surface area contributed by atoms with Gasteiger partial charge in [-0.2, -0.15) is 0 Å². The molecule has 0 aromatic rings. The summed E-state index contributed by atoms with van der Waals surface area (Å²) in [7, 11) is -6.31. The lowest BCUT2D eigenvalue weighted by Crippen LogP contribution is -2.66. The minimum absolute atomic E-state index is 0.0437. The van der Waals surface area contributed by atoms with Crippen LogP contribution in [0.15, 0.2) is 11.8 Å². The maximum absolute atomic E-state index is 14.4. The van der Waals surface area contributed by atoms with Crippen LogP contribution >= 0.6 is 0 Å². The van der Waals surface area contributed by atoms with Crippen LogP contribution in [-0.4, -0.2) is 41.4 Å². The van der Waals surface area contributed by atoms with Gasteiger partial charge in [0.2, 0.25) is 8.32 Å². The zero-order valence-corrected chi connectivity index (χ0v) is 32.1. The first-order chi connectivity index (χ1) is 17.6. The Morgan fingerprint density at radius 2 is 1.43 bits per heavy atom. The van der Waals surface area contributed by atoms with Gasteiger partial charge in [0.1, 0.15) is 5.78 Å². The second-order valence-corrected chi connectivity index (χ2v) is 33.6. The predicted octanol–water partition coefficient (Wildman–Crippen LogP) is 9.75. The Hall–Kier alpha value is -0.219. The van der Waals surface area contributed by atoms with E-state index in [9.17, 15) is 9.90 Å². The molecule has 232 valence electrons. The normalized spacial score (nSPS) is 35.8. The van der Waals surface area contributed by atoms with Gasteiger partial charge in [-0.25, -0.2) is 0 Å². The van der Waals surface area contributed by atoms with E-state index in [0.29, 0.717) is 18.1 Å². The molecule has 0 amide bonds. The fourth-order valence-electron chi connectivity index (χ4n) is 7.42. The fraction of sp³-hybridized carbons (Fsp3) is 0.909. The van der Waals surface area contributed by atoms with Crippen LogP contribution in [0.3, 0.4) is 0 Å². The Kier molecular flexibility index (Phi) is 8.71. The number of fused-ring (bicyclic) bond motifs is 3. The predicted molar refractivity (Wildman–Crippen MR) is 177 cm³/mol. The summed E-state index contributed by atoms with van der Waals surface area (Å²) in [4.78, 5) is 14.4. The van der Waals surface area contributed by atoms with E-state index in [2.05, 4.69) is 114 Å². The van der Waals surface area contributed by atoms with Gasteiger partial charge >= 0.3 is 0 Å². The van der Waals surface area contributed by atoms with Crippen molar-refractivity contribution in [1.82, 2.24) is 0 Å². The fourth-order valence-corrected chi connectivity index (χ4v) is 12.6. The number of rotatable bonds is 5. The summed E-state index contributed by atoms with van der Waals surface area (Å²) in [6.45, 7) is 36.8. The topological polar surface area (TPSA) is 55.8 Å². The standard InChI is InChI=1S/C33H64O4Si3/c1-29(2,3)39(13,14)36-25-18-17-23-21-27(34)32(9)20-19-28(38(10,11)12)33(35,37-40(15,16)30(4,5)6)26(32)22-24(25)31(23,7)8/h18,23-24,26,28,35H,17,19-22H2,1-16H3/t23-,24+,26-,28-,32+,33-/m0/s1. The highest BCUT2D eigenvalue weighted by Crippen LogP contribution is 2.64. The highest BCUT2D eigenvalue weighted by molar-refractivity contribution is 6.78. The molecule has 2 saturated carbocycles. The average molecular weight is 609 g/mol. The molecule has 0 unspecified atom stereocenters. The monoisotopic (exact) mass is 608 g/mol. The van der Waals surface area contributed by atoms with Gasteiger partial charge < -0.3 is 14.0 Å². The highest BCUT2D eigenvalue weighted by atomic mass is 28.4. The van der Waals surface area contributed by atoms with Gasteiger partial charge in [0.25, 0.3) is 0 Å². The summed E-state index contributed by atoms with van der Waals surface area (Å²) in [6.07, 6.45) is 6.23. The van der Waals surface area contributed by atoms with E-state index in [-0.39, 0.29) is 32.9 Å². The number of allylic oxidation sites excluding steroid dienone is 2. The lowest BCUT2D eigenvalue weighted by molar-refractivity contribution is -0.244. The number of hydrogen-bond donors (Lipinski definition) is 1. The molecule has 3 rings (SSSR count). The second-order valence-electron chi connectivity index (χ2n) is 18.7. The van der Waals surface area contributed by atoms with Crippen LogP contribution in [-0.2, 0) is 13.6 Å². The quantitative estimate of drug-likeness (QED) is 0.249. The number of ketones is 1. The lowest BCUT2D eigenvalue weighted by Gasteiger charge is -2.62. The summed E-state index contributed by atoms with van der Waals surface area (Å²) in [5.41, 5.74) is -0.622. The third kappa shape index (κ3) is 5.81. The first kappa shape index (κ1) is 34.3. The van der Waals surface area contributed by atoms with Crippen LogP contribution in [0.1, 0.15) is 94.4 Å². The van der Waals surface area contributed by atoms with Crippen LogP contribution in [0.4, 0.5) is 0 Å². The van der Waals surface area contributed by atoms with Gasteiger partial charge in [-0.3, -0.25) is 4.79 Å². The molecule has 0 radical (unpaired) electrons. The summed E-state index contributed by atoms with van der Waals surface area (Å²) in [6, 6.07) is 0. The summed E-state index contributed by atoms with van der Waals surface area (Å²) >= 11 is 0. The van der Waals surface area contributed by atoms with E-state index in [0.717, 1.165) is 31.4 Å². The van der Waals surface area contributed by atoms with Gasteiger partial charge in [-0.15, -0.1) is 0 Å². The first-order valence-electron chi connectivity index (χ1n) is 16.0. The van der Waals surface area contributed by atoms with E-state index >= 15 is 0 Å². The molecular formula is C33H64O4Si3. The van der Waals surface area contributed by atoms with E-state index in [1.165, 1.54) is 0 Å². The molecule has 2 bridgehead atoms. The molecule has 7 heteroatoms. The van der Waals surface area contributed by atoms with Crippen molar-refractivity contribution in [3.8, 4) is 0 Å². The second kappa shape index (κ2) is 10.2. The van der Waals surface area contributed by atoms with Crippen molar-refractivity contribution in [1.29, 1.82) is 0 Å². The Bertz CT molecular complexity index is 1010. The number of carbonyl (C=O) groups excluding carboxylic acids is 1. The van der Waals surface area contributed by atoms with Gasteiger partial charge in [0, 0.05) is 29.2 Å². The van der Waals surface area contributed by atoms with Crippen molar-refractivity contribution in [3.63, 3.8) is 0 Å². The number of Topliss-reactive ketones (excluding diaryl/α,β-unsaturated/α-hetero) is 1. The molecule has 4 nitrogen and oxygen atoms in total. The number of aliphatic hydroxyl groups is 1. The zero-order chi connectivity index (χ0) is 31.1. The molecule has 40 heavy (non-hydrogen) atoms. The third-order valence-corrected chi connectivity index (χ3v) is 24.2. The molecule has 0 saturated heterocycles. The van der Waals surface area contributed by atoms with E-state index in [1.54, 1.807) is 0 Å². The van der Waals surface area contributed by atoms with Gasteiger partial charge in [0.15, 0.2) is 14.1 Å². The van der Waals surface area contributed by atoms with Crippen LogP contribution in [0.25, 0.3) is 0 Å². The molecule has 0 spiro atoms. The van der Waals surface area contributed by atoms with Crippen LogP contribution in [0.2, 0.25) is 61.4 Å². The summed E-state index contributed by atoms with van der Waals surface area (Å²) in [5, 5.41) is 13.3. The Balaban J connectivity index is 2.24. The molecule has 0 aromatic carbocycles. The maximum Gasteiger partial charge on any atom is 0.250 e. The molecule has 1 N–H and O–H groups in total. The first-order valence-corrected chi connectivity index (χ1v) is 25.4. The van der Waals surface area contributed by atoms with Crippen molar-refractivity contribution < 1.29 is 18.8 Å². The largest absolute Gasteiger partial charge is 0.547 e. The minimum Gasteiger partial charge on any atom is -0.547 e. The van der Waals surface area contributed by atoms with Crippen molar-refractivity contribution >= 4 is 30.5 Å². The summed E-state index contributed by atoms with van der Waals surface area (Å²) in [5.74, 6) is 0.309. The molecule has 0 heterocycles. The van der Waals surface area contributed by atoms with Crippen molar-refractivity contribution in [2.45, 2.75) is 162 Å². The zero-order valence-electron chi connectivity index (χ0n) is 29.1. The molecule has 3 aliphatic carbocycles. The molecule has 2 fully saturated rings. The molecule has 0 aliphatic heterocycles. The van der Waals surface area contributed by atoms with Crippen LogP contribution < -0.4 is 0 Å². The maximum atomic E-state index is 14.4. The Labute approximate surface area is 250 Å². The van der Waals surface area contributed by atoms with Crippen molar-refractivity contribution in [2.75, 3.05) is 0 Å². The Morgan fingerprint density at radius 3 is 1.90 bits per heavy atom. The third-order valence-electron chi connectivity index (χ3n) is 12.6. The van der Waals surface area contributed by atoms with Crippen molar-refractivity contribution in [2.24, 2.45) is 28.6 Å². The molecule has 6 atom stereocenters. The van der Waals surface area contributed by atoms with Crippen LogP contribution in [0.5, 0.6) is 0 Å². The lowest BCUT2D eigenvalue weighted by atomic mass is 9.51. The van der Waals surface area contributed by atoms with Gasteiger partial charge in [-0.1, -0.05) is 82.0 Å². The van der Waals surface area contributed by atoms with E-state index in [4.69, 9.17) is 8.85 Å². The van der Waals surface area contributed by atoms with Gasteiger partial charge in [-0.05, 0) is 79.4 Å². The number of hydrogen-bond acceptors (Lipinski definition) is 4. The van der Waals surface area contributed by atoms with Crippen LogP contribution in [0, 0.1) is 28.6 Å². The molecule has 0 aromatic heterocycles.